The molecule has 2 heterocycles. The molecule has 2 N–H and O–H groups in total. The number of carbonyl (C=O) groups is 2. The van der Waals surface area contributed by atoms with Gasteiger partial charge in [-0.05, 0) is 45.7 Å². The van der Waals surface area contributed by atoms with Gasteiger partial charge in [-0.1, -0.05) is 11.8 Å². The van der Waals surface area contributed by atoms with E-state index in [2.05, 4.69) is 4.98 Å². The third kappa shape index (κ3) is 4.08. The van der Waals surface area contributed by atoms with Gasteiger partial charge in [0, 0.05) is 18.8 Å². The van der Waals surface area contributed by atoms with E-state index in [-0.39, 0.29) is 23.9 Å². The maximum atomic E-state index is 12.5. The van der Waals surface area contributed by atoms with E-state index in [0.29, 0.717) is 23.7 Å². The van der Waals surface area contributed by atoms with Crippen LogP contribution in [0.15, 0.2) is 5.03 Å². The molecule has 2 rings (SSSR count). The van der Waals surface area contributed by atoms with E-state index in [1.54, 1.807) is 0 Å². The fourth-order valence-corrected chi connectivity index (χ4v) is 3.95. The lowest BCUT2D eigenvalue weighted by Gasteiger charge is -2.35. The predicted octanol–water partition coefficient (Wildman–Crippen LogP) is 1.83. The molecule has 0 aromatic carbocycles. The molecule has 0 spiro atoms. The summed E-state index contributed by atoms with van der Waals surface area (Å²) in [7, 11) is 0. The van der Waals surface area contributed by atoms with Crippen LogP contribution in [0.1, 0.15) is 41.0 Å². The number of primary amides is 1. The normalized spacial score (nSPS) is 21.0. The van der Waals surface area contributed by atoms with E-state index < -0.39 is 5.91 Å². The molecule has 132 valence electrons. The molecule has 0 radical (unpaired) electrons. The summed E-state index contributed by atoms with van der Waals surface area (Å²) in [5, 5.41) is 0.533. The molecule has 1 aromatic heterocycles. The minimum atomic E-state index is -0.508. The molecule has 2 amide bonds. The smallest absolute Gasteiger partial charge is 0.251 e. The number of amides is 2. The van der Waals surface area contributed by atoms with Crippen molar-refractivity contribution in [1.29, 1.82) is 0 Å². The Labute approximate surface area is 147 Å². The summed E-state index contributed by atoms with van der Waals surface area (Å²) in [6.07, 6.45) is 0.0664. The number of hydrogen-bond acceptors (Lipinski definition) is 5. The van der Waals surface area contributed by atoms with Crippen molar-refractivity contribution in [1.82, 2.24) is 9.88 Å². The molecule has 1 saturated heterocycles. The first-order chi connectivity index (χ1) is 11.2. The van der Waals surface area contributed by atoms with Gasteiger partial charge in [0.05, 0.1) is 23.5 Å². The standard InChI is InChI=1S/C17H25N3O3S/c1-9-6-20(7-10(2)23-9)14(21)8-24-17-15(16(18)22)12(4)11(3)13(5)19-17/h9-10H,6-8H2,1-5H3,(H2,18,22)/t9-,10-/m0/s1. The molecule has 0 saturated carbocycles. The summed E-state index contributed by atoms with van der Waals surface area (Å²) >= 11 is 1.27. The van der Waals surface area contributed by atoms with Gasteiger partial charge in [-0.15, -0.1) is 0 Å². The Kier molecular flexibility index (Phi) is 5.87. The zero-order chi connectivity index (χ0) is 18.0. The van der Waals surface area contributed by atoms with E-state index in [1.807, 2.05) is 39.5 Å². The topological polar surface area (TPSA) is 85.5 Å². The van der Waals surface area contributed by atoms with Gasteiger partial charge in [0.1, 0.15) is 5.03 Å². The lowest BCUT2D eigenvalue weighted by Crippen LogP contribution is -2.48. The molecule has 1 aliphatic rings. The average Bonchev–Trinajstić information content (AvgIpc) is 2.48. The minimum Gasteiger partial charge on any atom is -0.372 e. The van der Waals surface area contributed by atoms with Crippen LogP contribution in [0.4, 0.5) is 0 Å². The van der Waals surface area contributed by atoms with Crippen LogP contribution < -0.4 is 5.73 Å². The molecule has 2 atom stereocenters. The molecular weight excluding hydrogens is 326 g/mol. The van der Waals surface area contributed by atoms with Crippen molar-refractivity contribution in [2.24, 2.45) is 5.73 Å². The van der Waals surface area contributed by atoms with E-state index >= 15 is 0 Å². The van der Waals surface area contributed by atoms with E-state index in [4.69, 9.17) is 10.5 Å². The number of thioether (sulfide) groups is 1. The van der Waals surface area contributed by atoms with Crippen molar-refractivity contribution in [2.75, 3.05) is 18.8 Å². The maximum absolute atomic E-state index is 12.5. The van der Waals surface area contributed by atoms with E-state index in [0.717, 1.165) is 16.8 Å². The Hall–Kier alpha value is -1.60. The van der Waals surface area contributed by atoms with Gasteiger partial charge in [0.15, 0.2) is 0 Å². The molecule has 24 heavy (non-hydrogen) atoms. The number of aromatic nitrogens is 1. The number of carbonyl (C=O) groups excluding carboxylic acids is 2. The second-order valence-electron chi connectivity index (χ2n) is 6.34. The molecule has 1 fully saturated rings. The zero-order valence-corrected chi connectivity index (χ0v) is 15.7. The van der Waals surface area contributed by atoms with Gasteiger partial charge in [0.2, 0.25) is 5.91 Å². The number of aryl methyl sites for hydroxylation is 1. The molecule has 1 aliphatic heterocycles. The van der Waals surface area contributed by atoms with Crippen molar-refractivity contribution in [3.8, 4) is 0 Å². The molecule has 6 nitrogen and oxygen atoms in total. The van der Waals surface area contributed by atoms with Crippen LogP contribution in [0.3, 0.4) is 0 Å². The summed E-state index contributed by atoms with van der Waals surface area (Å²) in [5.41, 5.74) is 8.57. The Balaban J connectivity index is 2.14. The number of hydrogen-bond donors (Lipinski definition) is 1. The summed E-state index contributed by atoms with van der Waals surface area (Å²) in [5.74, 6) is -0.254. The van der Waals surface area contributed by atoms with Crippen LogP contribution in [-0.4, -0.2) is 52.7 Å². The number of pyridine rings is 1. The Morgan fingerprint density at radius 2 is 1.79 bits per heavy atom. The van der Waals surface area contributed by atoms with Crippen molar-refractivity contribution in [3.05, 3.63) is 22.4 Å². The quantitative estimate of drug-likeness (QED) is 0.837. The summed E-state index contributed by atoms with van der Waals surface area (Å²) < 4.78 is 5.65. The molecule has 1 aromatic rings. The Bertz CT molecular complexity index is 653. The third-order valence-corrected chi connectivity index (χ3v) is 5.27. The third-order valence-electron chi connectivity index (χ3n) is 4.31. The van der Waals surface area contributed by atoms with Gasteiger partial charge < -0.3 is 15.4 Å². The molecule has 0 bridgehead atoms. The monoisotopic (exact) mass is 351 g/mol. The van der Waals surface area contributed by atoms with Crippen molar-refractivity contribution < 1.29 is 14.3 Å². The highest BCUT2D eigenvalue weighted by atomic mass is 32.2. The Morgan fingerprint density at radius 3 is 2.33 bits per heavy atom. The molecule has 0 unspecified atom stereocenters. The average molecular weight is 351 g/mol. The molecule has 0 aliphatic carbocycles. The number of rotatable bonds is 4. The van der Waals surface area contributed by atoms with Crippen molar-refractivity contribution >= 4 is 23.6 Å². The highest BCUT2D eigenvalue weighted by molar-refractivity contribution is 8.00. The number of morpholine rings is 1. The highest BCUT2D eigenvalue weighted by Gasteiger charge is 2.26. The molecular formula is C17H25N3O3S. The number of ether oxygens (including phenoxy) is 1. The first kappa shape index (κ1) is 18.7. The Morgan fingerprint density at radius 1 is 1.21 bits per heavy atom. The van der Waals surface area contributed by atoms with Crippen LogP contribution in [0.5, 0.6) is 0 Å². The molecule has 7 heteroatoms. The van der Waals surface area contributed by atoms with Gasteiger partial charge in [-0.3, -0.25) is 9.59 Å². The van der Waals surface area contributed by atoms with Crippen molar-refractivity contribution in [2.45, 2.75) is 51.9 Å². The zero-order valence-electron chi connectivity index (χ0n) is 14.9. The first-order valence-electron chi connectivity index (χ1n) is 8.04. The van der Waals surface area contributed by atoms with Crippen LogP contribution in [0, 0.1) is 20.8 Å². The van der Waals surface area contributed by atoms with E-state index in [1.165, 1.54) is 11.8 Å². The predicted molar refractivity (Wildman–Crippen MR) is 94.3 cm³/mol. The van der Waals surface area contributed by atoms with Gasteiger partial charge in [-0.2, -0.15) is 0 Å². The maximum Gasteiger partial charge on any atom is 0.251 e. The highest BCUT2D eigenvalue weighted by Crippen LogP contribution is 2.27. The fourth-order valence-electron chi connectivity index (χ4n) is 2.91. The SMILES string of the molecule is Cc1nc(SCC(=O)N2C[C@H](C)O[C@@H](C)C2)c(C(N)=O)c(C)c1C. The lowest BCUT2D eigenvalue weighted by molar-refractivity contribution is -0.140. The van der Waals surface area contributed by atoms with Gasteiger partial charge >= 0.3 is 0 Å². The number of nitrogens with zero attached hydrogens (tertiary/aromatic N) is 2. The second-order valence-corrected chi connectivity index (χ2v) is 7.30. The number of nitrogens with two attached hydrogens (primary N) is 1. The summed E-state index contributed by atoms with van der Waals surface area (Å²) in [4.78, 5) is 30.6. The van der Waals surface area contributed by atoms with Crippen molar-refractivity contribution in [3.63, 3.8) is 0 Å². The fraction of sp³-hybridized carbons (Fsp3) is 0.588. The van der Waals surface area contributed by atoms with Crippen LogP contribution in [-0.2, 0) is 9.53 Å². The summed E-state index contributed by atoms with van der Waals surface area (Å²) in [6.45, 7) is 10.8. The van der Waals surface area contributed by atoms with Crippen LogP contribution >= 0.6 is 11.8 Å². The van der Waals surface area contributed by atoms with Crippen LogP contribution in [0.25, 0.3) is 0 Å². The first-order valence-corrected chi connectivity index (χ1v) is 9.02. The van der Waals surface area contributed by atoms with Crippen LogP contribution in [0.2, 0.25) is 0 Å². The lowest BCUT2D eigenvalue weighted by atomic mass is 10.0. The largest absolute Gasteiger partial charge is 0.372 e. The summed E-state index contributed by atoms with van der Waals surface area (Å²) in [6, 6.07) is 0. The van der Waals surface area contributed by atoms with Gasteiger partial charge in [-0.25, -0.2) is 4.98 Å². The van der Waals surface area contributed by atoms with Gasteiger partial charge in [0.25, 0.3) is 5.91 Å². The minimum absolute atomic E-state index is 0.0232. The second kappa shape index (κ2) is 7.53. The van der Waals surface area contributed by atoms with E-state index in [9.17, 15) is 9.59 Å².